The van der Waals surface area contributed by atoms with Crippen LogP contribution in [0.5, 0.6) is 0 Å². The average Bonchev–Trinajstić information content (AvgIpc) is 2.59. The van der Waals surface area contributed by atoms with Gasteiger partial charge >= 0.3 is 0 Å². The Morgan fingerprint density at radius 1 is 1.29 bits per heavy atom. The Morgan fingerprint density at radius 3 is 2.29 bits per heavy atom. The lowest BCUT2D eigenvalue weighted by atomic mass is 9.99. The van der Waals surface area contributed by atoms with E-state index in [9.17, 15) is 4.79 Å². The van der Waals surface area contributed by atoms with E-state index in [1.165, 1.54) is 0 Å². The zero-order chi connectivity index (χ0) is 18.4. The third-order valence-electron chi connectivity index (χ3n) is 4.87. The molecule has 24 heavy (non-hydrogen) atoms. The van der Waals surface area contributed by atoms with E-state index in [1.807, 2.05) is 27.0 Å². The van der Waals surface area contributed by atoms with Gasteiger partial charge in [-0.25, -0.2) is 4.99 Å². The van der Waals surface area contributed by atoms with Crippen molar-refractivity contribution in [2.45, 2.75) is 79.3 Å². The SMILES string of the molecule is C\C=C1/C(=N\C(Cl)=C(/C)CC)N(C(CC)CC)[C@H](CC)C(=O)N1C. The third-order valence-corrected chi connectivity index (χ3v) is 5.28. The van der Waals surface area contributed by atoms with Crippen LogP contribution in [-0.4, -0.2) is 40.7 Å². The predicted octanol–water partition coefficient (Wildman–Crippen LogP) is 4.91. The molecule has 0 bridgehead atoms. The van der Waals surface area contributed by atoms with Crippen LogP contribution in [0, 0.1) is 0 Å². The first-order valence-electron chi connectivity index (χ1n) is 9.04. The number of amidine groups is 1. The maximum atomic E-state index is 12.8. The highest BCUT2D eigenvalue weighted by molar-refractivity contribution is 6.30. The van der Waals surface area contributed by atoms with Gasteiger partial charge in [-0.2, -0.15) is 0 Å². The predicted molar refractivity (Wildman–Crippen MR) is 103 cm³/mol. The first-order valence-corrected chi connectivity index (χ1v) is 9.41. The Bertz CT molecular complexity index is 547. The summed E-state index contributed by atoms with van der Waals surface area (Å²) in [5, 5.41) is 0.528. The van der Waals surface area contributed by atoms with Crippen molar-refractivity contribution in [2.75, 3.05) is 7.05 Å². The third kappa shape index (κ3) is 4.02. The lowest BCUT2D eigenvalue weighted by Crippen LogP contribution is -2.60. The molecule has 136 valence electrons. The molecule has 5 heteroatoms. The Labute approximate surface area is 152 Å². The Kier molecular flexibility index (Phi) is 8.01. The lowest BCUT2D eigenvalue weighted by molar-refractivity contribution is -0.134. The van der Waals surface area contributed by atoms with E-state index in [4.69, 9.17) is 16.6 Å². The van der Waals surface area contributed by atoms with E-state index in [0.717, 1.165) is 42.8 Å². The number of carbonyl (C=O) groups is 1. The number of amides is 1. The number of likely N-dealkylation sites (N-methyl/N-ethyl adjacent to an activating group) is 1. The number of rotatable bonds is 6. The average molecular weight is 354 g/mol. The van der Waals surface area contributed by atoms with Crippen molar-refractivity contribution >= 4 is 23.3 Å². The van der Waals surface area contributed by atoms with Crippen LogP contribution in [0.3, 0.4) is 0 Å². The Hall–Kier alpha value is -1.29. The fourth-order valence-electron chi connectivity index (χ4n) is 3.14. The highest BCUT2D eigenvalue weighted by atomic mass is 35.5. The molecule has 0 N–H and O–H groups in total. The number of allylic oxidation sites excluding steroid dienone is 2. The zero-order valence-electron chi connectivity index (χ0n) is 16.2. The van der Waals surface area contributed by atoms with Crippen molar-refractivity contribution in [3.8, 4) is 0 Å². The van der Waals surface area contributed by atoms with Gasteiger partial charge in [-0.05, 0) is 45.1 Å². The van der Waals surface area contributed by atoms with Gasteiger partial charge in [0.05, 0.1) is 5.70 Å². The van der Waals surface area contributed by atoms with Crippen LogP contribution in [0.2, 0.25) is 0 Å². The van der Waals surface area contributed by atoms with Gasteiger partial charge in [0.2, 0.25) is 5.91 Å². The minimum atomic E-state index is -0.186. The van der Waals surface area contributed by atoms with Crippen molar-refractivity contribution in [1.29, 1.82) is 0 Å². The fourth-order valence-corrected chi connectivity index (χ4v) is 3.36. The molecule has 0 aromatic carbocycles. The largest absolute Gasteiger partial charge is 0.340 e. The molecule has 1 aliphatic rings. The van der Waals surface area contributed by atoms with Crippen LogP contribution in [0.4, 0.5) is 0 Å². The number of hydrogen-bond donors (Lipinski definition) is 0. The molecule has 1 fully saturated rings. The molecule has 0 unspecified atom stereocenters. The van der Waals surface area contributed by atoms with Gasteiger partial charge in [-0.15, -0.1) is 0 Å². The molecule has 1 saturated heterocycles. The van der Waals surface area contributed by atoms with Crippen molar-refractivity contribution in [3.05, 3.63) is 22.5 Å². The van der Waals surface area contributed by atoms with Crippen LogP contribution in [-0.2, 0) is 4.79 Å². The summed E-state index contributed by atoms with van der Waals surface area (Å²) in [5.41, 5.74) is 1.88. The Balaban J connectivity index is 3.59. The number of aliphatic imine (C=N–C) groups is 1. The van der Waals surface area contributed by atoms with E-state index in [0.29, 0.717) is 5.16 Å². The summed E-state index contributed by atoms with van der Waals surface area (Å²) < 4.78 is 0. The molecular weight excluding hydrogens is 322 g/mol. The molecule has 0 saturated carbocycles. The quantitative estimate of drug-likeness (QED) is 0.636. The summed E-state index contributed by atoms with van der Waals surface area (Å²) >= 11 is 6.45. The number of piperazine rings is 1. The van der Waals surface area contributed by atoms with Crippen LogP contribution >= 0.6 is 11.6 Å². The van der Waals surface area contributed by atoms with E-state index in [-0.39, 0.29) is 18.0 Å². The summed E-state index contributed by atoms with van der Waals surface area (Å²) in [6.07, 6.45) is 5.49. The van der Waals surface area contributed by atoms with Crippen molar-refractivity contribution in [2.24, 2.45) is 4.99 Å². The minimum absolute atomic E-state index is 0.128. The first kappa shape index (κ1) is 20.8. The normalized spacial score (nSPS) is 23.5. The smallest absolute Gasteiger partial charge is 0.249 e. The second kappa shape index (κ2) is 9.26. The van der Waals surface area contributed by atoms with E-state index >= 15 is 0 Å². The van der Waals surface area contributed by atoms with Crippen molar-refractivity contribution in [1.82, 2.24) is 9.80 Å². The summed E-state index contributed by atoms with van der Waals surface area (Å²) in [4.78, 5) is 21.5. The lowest BCUT2D eigenvalue weighted by Gasteiger charge is -2.46. The molecule has 1 atom stereocenters. The molecular formula is C19H32ClN3O. The maximum absolute atomic E-state index is 12.8. The number of carbonyl (C=O) groups excluding carboxylic acids is 1. The number of nitrogens with zero attached hydrogens (tertiary/aromatic N) is 3. The standard InChI is InChI=1S/C19H32ClN3O/c1-8-13(6)17(20)21-18-15(11-4)22(7)19(24)16(12-5)23(18)14(9-2)10-3/h11,14,16H,8-10,12H2,1-7H3/b15-11+,17-13+,21-18+/t16-/m1/s1. The summed E-state index contributed by atoms with van der Waals surface area (Å²) in [7, 11) is 1.82. The van der Waals surface area contributed by atoms with Gasteiger partial charge in [0, 0.05) is 13.1 Å². The van der Waals surface area contributed by atoms with Gasteiger partial charge in [-0.1, -0.05) is 45.4 Å². The van der Waals surface area contributed by atoms with Crippen molar-refractivity contribution in [3.63, 3.8) is 0 Å². The highest BCUT2D eigenvalue weighted by Gasteiger charge is 2.41. The second-order valence-electron chi connectivity index (χ2n) is 6.23. The van der Waals surface area contributed by atoms with Gasteiger partial charge < -0.3 is 9.80 Å². The number of halogens is 1. The number of hydrogen-bond acceptors (Lipinski definition) is 2. The second-order valence-corrected chi connectivity index (χ2v) is 6.59. The molecule has 1 amide bonds. The molecule has 0 aromatic rings. The molecule has 0 aromatic heterocycles. The van der Waals surface area contributed by atoms with E-state index in [1.54, 1.807) is 4.90 Å². The van der Waals surface area contributed by atoms with E-state index < -0.39 is 0 Å². The Morgan fingerprint density at radius 2 is 1.88 bits per heavy atom. The summed E-state index contributed by atoms with van der Waals surface area (Å²) in [5.74, 6) is 0.946. The molecule has 4 nitrogen and oxygen atoms in total. The molecule has 0 spiro atoms. The van der Waals surface area contributed by atoms with Gasteiger partial charge in [-0.3, -0.25) is 4.79 Å². The molecule has 1 heterocycles. The van der Waals surface area contributed by atoms with Crippen LogP contribution in [0.25, 0.3) is 0 Å². The monoisotopic (exact) mass is 353 g/mol. The molecule has 0 radical (unpaired) electrons. The zero-order valence-corrected chi connectivity index (χ0v) is 16.9. The van der Waals surface area contributed by atoms with Gasteiger partial charge in [0.1, 0.15) is 11.2 Å². The summed E-state index contributed by atoms with van der Waals surface area (Å²) in [6.45, 7) is 12.4. The molecule has 0 aliphatic carbocycles. The topological polar surface area (TPSA) is 35.9 Å². The summed E-state index contributed by atoms with van der Waals surface area (Å²) in [6, 6.07) is 0.0847. The van der Waals surface area contributed by atoms with Crippen LogP contribution in [0.1, 0.15) is 67.2 Å². The van der Waals surface area contributed by atoms with Crippen molar-refractivity contribution < 1.29 is 4.79 Å². The van der Waals surface area contributed by atoms with Crippen LogP contribution in [0.15, 0.2) is 27.5 Å². The fraction of sp³-hybridized carbons (Fsp3) is 0.684. The minimum Gasteiger partial charge on any atom is -0.340 e. The van der Waals surface area contributed by atoms with E-state index in [2.05, 4.69) is 32.6 Å². The van der Waals surface area contributed by atoms with Gasteiger partial charge in [0.15, 0.2) is 5.84 Å². The first-order chi connectivity index (χ1) is 11.4. The molecule has 1 rings (SSSR count). The van der Waals surface area contributed by atoms with Gasteiger partial charge in [0.25, 0.3) is 0 Å². The highest BCUT2D eigenvalue weighted by Crippen LogP contribution is 2.29. The molecule has 1 aliphatic heterocycles. The van der Waals surface area contributed by atoms with Crippen LogP contribution < -0.4 is 0 Å². The maximum Gasteiger partial charge on any atom is 0.249 e.